The van der Waals surface area contributed by atoms with Crippen molar-refractivity contribution in [3.05, 3.63) is 30.1 Å². The Hall–Kier alpha value is -2.11. The summed E-state index contributed by atoms with van der Waals surface area (Å²) in [5.74, 6) is 0.292. The fourth-order valence-electron chi connectivity index (χ4n) is 3.15. The zero-order valence-electron chi connectivity index (χ0n) is 13.3. The van der Waals surface area contributed by atoms with Crippen LogP contribution in [0.4, 0.5) is 14.9 Å². The first-order valence-electron chi connectivity index (χ1n) is 8.14. The molecule has 1 aromatic rings. The van der Waals surface area contributed by atoms with Crippen molar-refractivity contribution < 1.29 is 14.0 Å². The molecular formula is C17H22FN3O2. The van der Waals surface area contributed by atoms with E-state index in [2.05, 4.69) is 12.2 Å². The molecule has 1 atom stereocenters. The average Bonchev–Trinajstić information content (AvgIpc) is 2.89. The lowest BCUT2D eigenvalue weighted by atomic mass is 10.00. The zero-order valence-corrected chi connectivity index (χ0v) is 13.3. The number of anilines is 1. The number of carbonyl (C=O) groups excluding carboxylic acids is 2. The van der Waals surface area contributed by atoms with Gasteiger partial charge in [0.15, 0.2) is 0 Å². The van der Waals surface area contributed by atoms with Gasteiger partial charge in [-0.2, -0.15) is 0 Å². The van der Waals surface area contributed by atoms with Crippen LogP contribution in [-0.2, 0) is 4.79 Å². The van der Waals surface area contributed by atoms with E-state index in [4.69, 9.17) is 0 Å². The number of likely N-dealkylation sites (tertiary alicyclic amines) is 1. The number of benzene rings is 1. The van der Waals surface area contributed by atoms with Gasteiger partial charge >= 0.3 is 6.03 Å². The molecule has 1 N–H and O–H groups in total. The van der Waals surface area contributed by atoms with E-state index >= 15 is 0 Å². The topological polar surface area (TPSA) is 52.7 Å². The molecule has 0 unspecified atom stereocenters. The van der Waals surface area contributed by atoms with E-state index in [1.807, 2.05) is 4.90 Å². The van der Waals surface area contributed by atoms with Crippen LogP contribution in [0.1, 0.15) is 26.2 Å². The summed E-state index contributed by atoms with van der Waals surface area (Å²) in [6, 6.07) is 5.56. The first-order chi connectivity index (χ1) is 11.0. The third kappa shape index (κ3) is 3.63. The van der Waals surface area contributed by atoms with E-state index in [-0.39, 0.29) is 30.2 Å². The Kier molecular flexibility index (Phi) is 4.50. The summed E-state index contributed by atoms with van der Waals surface area (Å²) in [5.41, 5.74) is 0.667. The summed E-state index contributed by atoms with van der Waals surface area (Å²) in [6.07, 6.45) is 2.34. The van der Waals surface area contributed by atoms with E-state index in [0.717, 1.165) is 25.9 Å². The molecule has 6 heteroatoms. The summed E-state index contributed by atoms with van der Waals surface area (Å²) < 4.78 is 13.0. The van der Waals surface area contributed by atoms with Crippen LogP contribution in [0.2, 0.25) is 0 Å². The highest BCUT2D eigenvalue weighted by Crippen LogP contribution is 2.22. The van der Waals surface area contributed by atoms with Crippen LogP contribution in [0.15, 0.2) is 24.3 Å². The Morgan fingerprint density at radius 3 is 2.52 bits per heavy atom. The van der Waals surface area contributed by atoms with Crippen LogP contribution in [0.3, 0.4) is 0 Å². The molecule has 2 fully saturated rings. The van der Waals surface area contributed by atoms with Gasteiger partial charge in [0.1, 0.15) is 5.82 Å². The second-order valence-corrected chi connectivity index (χ2v) is 6.50. The molecule has 0 saturated carbocycles. The van der Waals surface area contributed by atoms with E-state index in [1.54, 1.807) is 17.0 Å². The normalized spacial score (nSPS) is 22.5. The molecule has 3 rings (SSSR count). The predicted octanol–water partition coefficient (Wildman–Crippen LogP) is 2.37. The minimum absolute atomic E-state index is 0.0471. The van der Waals surface area contributed by atoms with Gasteiger partial charge in [-0.1, -0.05) is 6.92 Å². The van der Waals surface area contributed by atoms with Crippen LogP contribution in [0.25, 0.3) is 0 Å². The number of nitrogens with one attached hydrogen (secondary N) is 1. The van der Waals surface area contributed by atoms with Gasteiger partial charge in [0.25, 0.3) is 0 Å². The highest BCUT2D eigenvalue weighted by atomic mass is 19.1. The molecule has 2 aliphatic rings. The van der Waals surface area contributed by atoms with E-state index in [0.29, 0.717) is 18.2 Å². The monoisotopic (exact) mass is 319 g/mol. The maximum Gasteiger partial charge on any atom is 0.317 e. The Labute approximate surface area is 135 Å². The Bertz CT molecular complexity index is 582. The summed E-state index contributed by atoms with van der Waals surface area (Å²) in [6.45, 7) is 4.18. The number of rotatable bonds is 2. The first kappa shape index (κ1) is 15.8. The molecule has 0 bridgehead atoms. The number of carbonyl (C=O) groups is 2. The van der Waals surface area contributed by atoms with Crippen molar-refractivity contribution in [1.82, 2.24) is 10.2 Å². The van der Waals surface area contributed by atoms with Gasteiger partial charge in [0.2, 0.25) is 5.91 Å². The summed E-state index contributed by atoms with van der Waals surface area (Å²) in [5, 5.41) is 2.96. The number of halogens is 1. The molecule has 2 heterocycles. The molecule has 0 spiro atoms. The van der Waals surface area contributed by atoms with Gasteiger partial charge < -0.3 is 15.1 Å². The van der Waals surface area contributed by atoms with Crippen molar-refractivity contribution in [3.63, 3.8) is 0 Å². The van der Waals surface area contributed by atoms with Crippen LogP contribution >= 0.6 is 0 Å². The van der Waals surface area contributed by atoms with Crippen molar-refractivity contribution in [2.24, 2.45) is 5.92 Å². The number of hydrogen-bond acceptors (Lipinski definition) is 2. The molecule has 2 aliphatic heterocycles. The van der Waals surface area contributed by atoms with Crippen LogP contribution in [0.5, 0.6) is 0 Å². The minimum atomic E-state index is -0.329. The van der Waals surface area contributed by atoms with Gasteiger partial charge in [-0.3, -0.25) is 4.79 Å². The van der Waals surface area contributed by atoms with E-state index < -0.39 is 0 Å². The van der Waals surface area contributed by atoms with Crippen molar-refractivity contribution in [3.8, 4) is 0 Å². The molecule has 5 nitrogen and oxygen atoms in total. The number of hydrogen-bond donors (Lipinski definition) is 1. The van der Waals surface area contributed by atoms with Crippen molar-refractivity contribution in [2.75, 3.05) is 24.5 Å². The molecule has 0 aromatic heterocycles. The van der Waals surface area contributed by atoms with Crippen LogP contribution in [-0.4, -0.2) is 42.5 Å². The third-order valence-electron chi connectivity index (χ3n) is 4.66. The SMILES string of the molecule is CC1CCN(C(=O)N[C@H]2CC(=O)N(c3ccc(F)cc3)C2)CC1. The first-order valence-corrected chi connectivity index (χ1v) is 8.14. The van der Waals surface area contributed by atoms with Gasteiger partial charge in [-0.25, -0.2) is 9.18 Å². The maximum atomic E-state index is 13.0. The van der Waals surface area contributed by atoms with Gasteiger partial charge in [-0.15, -0.1) is 0 Å². The molecular weight excluding hydrogens is 297 g/mol. The number of nitrogens with zero attached hydrogens (tertiary/aromatic N) is 2. The van der Waals surface area contributed by atoms with Gasteiger partial charge in [0, 0.05) is 31.7 Å². The fourth-order valence-corrected chi connectivity index (χ4v) is 3.15. The smallest absolute Gasteiger partial charge is 0.317 e. The molecule has 23 heavy (non-hydrogen) atoms. The van der Waals surface area contributed by atoms with Crippen LogP contribution in [0, 0.1) is 11.7 Å². The lowest BCUT2D eigenvalue weighted by Gasteiger charge is -2.31. The average molecular weight is 319 g/mol. The molecule has 1 aromatic carbocycles. The van der Waals surface area contributed by atoms with Crippen molar-refractivity contribution >= 4 is 17.6 Å². The molecule has 124 valence electrons. The molecule has 0 aliphatic carbocycles. The predicted molar refractivity (Wildman–Crippen MR) is 85.7 cm³/mol. The third-order valence-corrected chi connectivity index (χ3v) is 4.66. The molecule has 0 radical (unpaired) electrons. The highest BCUT2D eigenvalue weighted by molar-refractivity contribution is 5.96. The van der Waals surface area contributed by atoms with Gasteiger partial charge in [-0.05, 0) is 43.0 Å². The lowest BCUT2D eigenvalue weighted by molar-refractivity contribution is -0.117. The zero-order chi connectivity index (χ0) is 16.4. The van der Waals surface area contributed by atoms with Crippen LogP contribution < -0.4 is 10.2 Å². The summed E-state index contributed by atoms with van der Waals surface area (Å²) in [7, 11) is 0. The van der Waals surface area contributed by atoms with E-state index in [9.17, 15) is 14.0 Å². The van der Waals surface area contributed by atoms with Gasteiger partial charge in [0.05, 0.1) is 6.04 Å². The largest absolute Gasteiger partial charge is 0.333 e. The number of piperidine rings is 1. The second-order valence-electron chi connectivity index (χ2n) is 6.50. The fraction of sp³-hybridized carbons (Fsp3) is 0.529. The quantitative estimate of drug-likeness (QED) is 0.910. The second kappa shape index (κ2) is 6.56. The number of urea groups is 1. The van der Waals surface area contributed by atoms with Crippen molar-refractivity contribution in [1.29, 1.82) is 0 Å². The number of amides is 3. The molecule has 3 amide bonds. The summed E-state index contributed by atoms with van der Waals surface area (Å²) >= 11 is 0. The lowest BCUT2D eigenvalue weighted by Crippen LogP contribution is -2.48. The Morgan fingerprint density at radius 2 is 1.87 bits per heavy atom. The van der Waals surface area contributed by atoms with E-state index in [1.165, 1.54) is 12.1 Å². The highest BCUT2D eigenvalue weighted by Gasteiger charge is 2.32. The Balaban J connectivity index is 1.57. The summed E-state index contributed by atoms with van der Waals surface area (Å²) in [4.78, 5) is 27.9. The van der Waals surface area contributed by atoms with Crippen molar-refractivity contribution in [2.45, 2.75) is 32.2 Å². The minimum Gasteiger partial charge on any atom is -0.333 e. The maximum absolute atomic E-state index is 13.0. The molecule has 2 saturated heterocycles. The standard InChI is InChI=1S/C17H22FN3O2/c1-12-6-8-20(9-7-12)17(23)19-14-10-16(22)21(11-14)15-4-2-13(18)3-5-15/h2-5,12,14H,6-11H2,1H3,(H,19,23)/t14-/m0/s1. The Morgan fingerprint density at radius 1 is 1.22 bits per heavy atom.